The number of hydrogen-bond acceptors (Lipinski definition) is 6. The molecule has 29 heavy (non-hydrogen) atoms. The van der Waals surface area contributed by atoms with Crippen molar-refractivity contribution < 1.29 is 9.53 Å². The van der Waals surface area contributed by atoms with Gasteiger partial charge in [0.15, 0.2) is 0 Å². The van der Waals surface area contributed by atoms with E-state index in [0.29, 0.717) is 11.7 Å². The zero-order valence-corrected chi connectivity index (χ0v) is 16.8. The summed E-state index contributed by atoms with van der Waals surface area (Å²) < 4.78 is 7.37. The van der Waals surface area contributed by atoms with Crippen molar-refractivity contribution in [2.24, 2.45) is 0 Å². The predicted octanol–water partition coefficient (Wildman–Crippen LogP) is 2.85. The summed E-state index contributed by atoms with van der Waals surface area (Å²) in [7, 11) is 0. The minimum Gasteiger partial charge on any atom is -0.376 e. The first-order chi connectivity index (χ1) is 14.3. The summed E-state index contributed by atoms with van der Waals surface area (Å²) in [6, 6.07) is 19.7. The summed E-state index contributed by atoms with van der Waals surface area (Å²) >= 11 is 1.34. The van der Waals surface area contributed by atoms with Gasteiger partial charge in [-0.25, -0.2) is 4.68 Å². The molecule has 0 saturated carbocycles. The van der Waals surface area contributed by atoms with E-state index in [4.69, 9.17) is 4.74 Å². The standard InChI is InChI=1S/C21H23N5O2S/c27-19(15-29-21-23-24-25-26(21)14-18-12-7-13-28-18)22-20(16-8-3-1-4-9-16)17-10-5-2-6-11-17/h1-6,8-11,18,20H,7,12-15H2,(H,22,27)/t18-/m0/s1. The van der Waals surface area contributed by atoms with Crippen molar-refractivity contribution in [1.82, 2.24) is 25.5 Å². The number of tetrazole rings is 1. The quantitative estimate of drug-likeness (QED) is 0.576. The van der Waals surface area contributed by atoms with Gasteiger partial charge in [0.2, 0.25) is 11.1 Å². The number of hydrogen-bond donors (Lipinski definition) is 1. The van der Waals surface area contributed by atoms with Crippen LogP contribution in [0, 0.1) is 0 Å². The van der Waals surface area contributed by atoms with Gasteiger partial charge in [-0.15, -0.1) is 5.10 Å². The Kier molecular flexibility index (Phi) is 6.53. The number of ether oxygens (including phenoxy) is 1. The number of thioether (sulfide) groups is 1. The van der Waals surface area contributed by atoms with Crippen molar-refractivity contribution in [3.8, 4) is 0 Å². The molecule has 2 aromatic carbocycles. The average molecular weight is 410 g/mol. The molecule has 1 saturated heterocycles. The van der Waals surface area contributed by atoms with Gasteiger partial charge in [0.1, 0.15) is 0 Å². The Morgan fingerprint density at radius 1 is 1.14 bits per heavy atom. The van der Waals surface area contributed by atoms with Crippen LogP contribution in [0.1, 0.15) is 30.0 Å². The van der Waals surface area contributed by atoms with E-state index >= 15 is 0 Å². The second-order valence-electron chi connectivity index (χ2n) is 6.89. The fourth-order valence-electron chi connectivity index (χ4n) is 3.38. The van der Waals surface area contributed by atoms with Crippen LogP contribution in [0.15, 0.2) is 65.8 Å². The number of carbonyl (C=O) groups excluding carboxylic acids is 1. The molecule has 1 N–H and O–H groups in total. The second kappa shape index (κ2) is 9.67. The molecule has 1 amide bonds. The van der Waals surface area contributed by atoms with Crippen molar-refractivity contribution in [3.63, 3.8) is 0 Å². The third kappa shape index (κ3) is 5.21. The van der Waals surface area contributed by atoms with E-state index < -0.39 is 0 Å². The molecule has 1 aliphatic heterocycles. The van der Waals surface area contributed by atoms with Crippen molar-refractivity contribution >= 4 is 17.7 Å². The fraction of sp³-hybridized carbons (Fsp3) is 0.333. The first-order valence-corrected chi connectivity index (χ1v) is 10.7. The van der Waals surface area contributed by atoms with Crippen LogP contribution >= 0.6 is 11.8 Å². The molecule has 1 atom stereocenters. The maximum absolute atomic E-state index is 12.7. The smallest absolute Gasteiger partial charge is 0.231 e. The molecule has 0 unspecified atom stereocenters. The third-order valence-electron chi connectivity index (χ3n) is 4.80. The van der Waals surface area contributed by atoms with E-state index in [2.05, 4.69) is 20.8 Å². The highest BCUT2D eigenvalue weighted by Gasteiger charge is 2.20. The van der Waals surface area contributed by atoms with Gasteiger partial charge < -0.3 is 10.1 Å². The Morgan fingerprint density at radius 3 is 2.45 bits per heavy atom. The van der Waals surface area contributed by atoms with Gasteiger partial charge in [0.25, 0.3) is 0 Å². The van der Waals surface area contributed by atoms with E-state index in [1.54, 1.807) is 4.68 Å². The molecule has 7 nitrogen and oxygen atoms in total. The molecule has 1 aromatic heterocycles. The van der Waals surface area contributed by atoms with Crippen molar-refractivity contribution in [1.29, 1.82) is 0 Å². The Bertz CT molecular complexity index is 874. The summed E-state index contributed by atoms with van der Waals surface area (Å²) in [5.74, 6) is 0.168. The van der Waals surface area contributed by atoms with Crippen LogP contribution in [0.2, 0.25) is 0 Å². The number of aromatic nitrogens is 4. The number of carbonyl (C=O) groups is 1. The second-order valence-corrected chi connectivity index (χ2v) is 7.83. The fourth-order valence-corrected chi connectivity index (χ4v) is 4.08. The average Bonchev–Trinajstić information content (AvgIpc) is 3.44. The molecular weight excluding hydrogens is 386 g/mol. The van der Waals surface area contributed by atoms with Crippen LogP contribution in [0.3, 0.4) is 0 Å². The molecule has 0 aliphatic carbocycles. The Balaban J connectivity index is 1.40. The molecule has 0 spiro atoms. The lowest BCUT2D eigenvalue weighted by Crippen LogP contribution is -2.30. The highest BCUT2D eigenvalue weighted by atomic mass is 32.2. The maximum Gasteiger partial charge on any atom is 0.231 e. The van der Waals surface area contributed by atoms with Crippen LogP contribution < -0.4 is 5.32 Å². The van der Waals surface area contributed by atoms with Crippen LogP contribution in [0.4, 0.5) is 0 Å². The molecule has 8 heteroatoms. The number of nitrogens with zero attached hydrogens (tertiary/aromatic N) is 4. The number of amides is 1. The lowest BCUT2D eigenvalue weighted by Gasteiger charge is -2.19. The van der Waals surface area contributed by atoms with Crippen molar-refractivity contribution in [2.45, 2.75) is 36.7 Å². The van der Waals surface area contributed by atoms with Crippen molar-refractivity contribution in [3.05, 3.63) is 71.8 Å². The number of nitrogens with one attached hydrogen (secondary N) is 1. The monoisotopic (exact) mass is 409 g/mol. The molecule has 150 valence electrons. The zero-order valence-electron chi connectivity index (χ0n) is 16.0. The van der Waals surface area contributed by atoms with Gasteiger partial charge in [0.05, 0.1) is 24.4 Å². The van der Waals surface area contributed by atoms with Gasteiger partial charge >= 0.3 is 0 Å². The van der Waals surface area contributed by atoms with Crippen LogP contribution in [-0.4, -0.2) is 44.6 Å². The zero-order chi connectivity index (χ0) is 19.9. The van der Waals surface area contributed by atoms with Gasteiger partial charge in [0, 0.05) is 6.61 Å². The van der Waals surface area contributed by atoms with Crippen LogP contribution in [-0.2, 0) is 16.1 Å². The van der Waals surface area contributed by atoms with E-state index in [9.17, 15) is 4.79 Å². The molecule has 1 fully saturated rings. The Labute approximate surface area is 173 Å². The number of rotatable bonds is 8. The maximum atomic E-state index is 12.7. The van der Waals surface area contributed by atoms with E-state index in [1.807, 2.05) is 60.7 Å². The molecule has 4 rings (SSSR count). The minimum absolute atomic E-state index is 0.0700. The van der Waals surface area contributed by atoms with Crippen LogP contribution in [0.25, 0.3) is 0 Å². The summed E-state index contributed by atoms with van der Waals surface area (Å²) in [6.07, 6.45) is 2.23. The first kappa shape index (κ1) is 19.6. The molecule has 0 bridgehead atoms. The van der Waals surface area contributed by atoms with Gasteiger partial charge in [-0.2, -0.15) is 0 Å². The summed E-state index contributed by atoms with van der Waals surface area (Å²) in [4.78, 5) is 12.7. The lowest BCUT2D eigenvalue weighted by molar-refractivity contribution is -0.119. The largest absolute Gasteiger partial charge is 0.376 e. The van der Waals surface area contributed by atoms with Gasteiger partial charge in [-0.1, -0.05) is 72.4 Å². The Hall–Kier alpha value is -2.71. The topological polar surface area (TPSA) is 81.9 Å². The van der Waals surface area contributed by atoms with E-state index in [-0.39, 0.29) is 23.8 Å². The predicted molar refractivity (Wildman–Crippen MR) is 110 cm³/mol. The van der Waals surface area contributed by atoms with E-state index in [0.717, 1.165) is 30.6 Å². The molecule has 0 radical (unpaired) electrons. The van der Waals surface area contributed by atoms with Crippen molar-refractivity contribution in [2.75, 3.05) is 12.4 Å². The Morgan fingerprint density at radius 2 is 1.83 bits per heavy atom. The molecular formula is C21H23N5O2S. The SMILES string of the molecule is O=C(CSc1nnnn1C[C@@H]1CCCO1)NC(c1ccccc1)c1ccccc1. The lowest BCUT2D eigenvalue weighted by atomic mass is 9.99. The van der Waals surface area contributed by atoms with Gasteiger partial charge in [-0.05, 0) is 34.4 Å². The van der Waals surface area contributed by atoms with Crippen LogP contribution in [0.5, 0.6) is 0 Å². The summed E-state index contributed by atoms with van der Waals surface area (Å²) in [5, 5.41) is 15.6. The highest BCUT2D eigenvalue weighted by molar-refractivity contribution is 7.99. The van der Waals surface area contributed by atoms with Gasteiger partial charge in [-0.3, -0.25) is 4.79 Å². The normalized spacial score (nSPS) is 16.2. The van der Waals surface area contributed by atoms with E-state index in [1.165, 1.54) is 11.8 Å². The number of benzene rings is 2. The molecule has 1 aliphatic rings. The first-order valence-electron chi connectivity index (χ1n) is 9.69. The molecule has 2 heterocycles. The highest BCUT2D eigenvalue weighted by Crippen LogP contribution is 2.23. The molecule has 3 aromatic rings. The summed E-state index contributed by atoms with van der Waals surface area (Å²) in [5.41, 5.74) is 2.08. The summed E-state index contributed by atoms with van der Waals surface area (Å²) in [6.45, 7) is 1.41. The minimum atomic E-state index is -0.201. The third-order valence-corrected chi connectivity index (χ3v) is 5.76.